The first-order valence-electron chi connectivity index (χ1n) is 8.95. The van der Waals surface area contributed by atoms with Crippen molar-refractivity contribution in [3.05, 3.63) is 65.2 Å². The van der Waals surface area contributed by atoms with Crippen LogP contribution in [0.3, 0.4) is 0 Å². The second kappa shape index (κ2) is 7.35. The molecule has 1 aliphatic heterocycles. The van der Waals surface area contributed by atoms with Gasteiger partial charge in [0, 0.05) is 11.3 Å². The fourth-order valence-electron chi connectivity index (χ4n) is 3.09. The van der Waals surface area contributed by atoms with E-state index in [0.717, 1.165) is 16.8 Å². The van der Waals surface area contributed by atoms with E-state index in [-0.39, 0.29) is 30.1 Å². The highest BCUT2D eigenvalue weighted by Crippen LogP contribution is 2.34. The molecule has 1 aliphatic rings. The Bertz CT molecular complexity index is 878. The van der Waals surface area contributed by atoms with Gasteiger partial charge in [-0.05, 0) is 22.6 Å². The zero-order valence-electron chi connectivity index (χ0n) is 15.7. The van der Waals surface area contributed by atoms with Gasteiger partial charge in [-0.15, -0.1) is 0 Å². The molecule has 1 heterocycles. The zero-order valence-corrected chi connectivity index (χ0v) is 15.7. The summed E-state index contributed by atoms with van der Waals surface area (Å²) in [7, 11) is 0. The van der Waals surface area contributed by atoms with E-state index in [1.165, 1.54) is 0 Å². The second-order valence-corrected chi connectivity index (χ2v) is 7.74. The Hall–Kier alpha value is -2.95. The average molecular weight is 365 g/mol. The number of amides is 1. The number of ether oxygens (including phenoxy) is 1. The summed E-state index contributed by atoms with van der Waals surface area (Å²) >= 11 is 0. The molecule has 140 valence electrons. The molecular formula is C22H23NO4. The molecule has 1 unspecified atom stereocenters. The monoisotopic (exact) mass is 365 g/mol. The molecule has 0 aromatic heterocycles. The van der Waals surface area contributed by atoms with Gasteiger partial charge >= 0.3 is 5.97 Å². The van der Waals surface area contributed by atoms with Crippen LogP contribution in [0.1, 0.15) is 54.6 Å². The third kappa shape index (κ3) is 4.25. The molecule has 2 aromatic carbocycles. The Labute approximate surface area is 158 Å². The highest BCUT2D eigenvalue weighted by molar-refractivity contribution is 6.04. The summed E-state index contributed by atoms with van der Waals surface area (Å²) in [6, 6.07) is 14.6. The Morgan fingerprint density at radius 3 is 2.37 bits per heavy atom. The summed E-state index contributed by atoms with van der Waals surface area (Å²) in [5.41, 5.74) is 3.13. The molecule has 2 aromatic rings. The van der Waals surface area contributed by atoms with Crippen LogP contribution in [0.4, 0.5) is 5.69 Å². The third-order valence-corrected chi connectivity index (χ3v) is 4.72. The molecule has 1 atom stereocenters. The SMILES string of the molecule is CC(C)(C)c1ccc(C(=O)COC(=O)CC2C(=O)Nc3ccccc32)cc1. The molecule has 1 N–H and O–H groups in total. The lowest BCUT2D eigenvalue weighted by atomic mass is 9.86. The highest BCUT2D eigenvalue weighted by atomic mass is 16.5. The number of esters is 1. The van der Waals surface area contributed by atoms with Gasteiger partial charge in [-0.2, -0.15) is 0 Å². The molecule has 5 heteroatoms. The van der Waals surface area contributed by atoms with E-state index >= 15 is 0 Å². The molecule has 5 nitrogen and oxygen atoms in total. The standard InChI is InChI=1S/C22H23NO4/c1-22(2,3)15-10-8-14(9-11-15)19(24)13-27-20(25)12-17-16-6-4-5-7-18(16)23-21(17)26/h4-11,17H,12-13H2,1-3H3,(H,23,26). The van der Waals surface area contributed by atoms with Crippen molar-refractivity contribution >= 4 is 23.3 Å². The summed E-state index contributed by atoms with van der Waals surface area (Å²) in [4.78, 5) is 36.4. The van der Waals surface area contributed by atoms with E-state index in [2.05, 4.69) is 26.1 Å². The number of carbonyl (C=O) groups excluding carboxylic acids is 3. The maximum absolute atomic E-state index is 12.3. The van der Waals surface area contributed by atoms with Crippen LogP contribution < -0.4 is 5.32 Å². The van der Waals surface area contributed by atoms with Crippen LogP contribution in [-0.4, -0.2) is 24.3 Å². The van der Waals surface area contributed by atoms with Gasteiger partial charge < -0.3 is 10.1 Å². The molecule has 0 saturated heterocycles. The number of Topliss-reactive ketones (excluding diaryl/α,β-unsaturated/α-hetero) is 1. The molecule has 27 heavy (non-hydrogen) atoms. The Morgan fingerprint density at radius 2 is 1.70 bits per heavy atom. The number of hydrogen-bond acceptors (Lipinski definition) is 4. The lowest BCUT2D eigenvalue weighted by molar-refractivity contribution is -0.144. The van der Waals surface area contributed by atoms with Crippen LogP contribution in [0.5, 0.6) is 0 Å². The first-order valence-corrected chi connectivity index (χ1v) is 8.95. The van der Waals surface area contributed by atoms with Gasteiger partial charge in [0.05, 0.1) is 12.3 Å². The minimum atomic E-state index is -0.574. The number of fused-ring (bicyclic) bond motifs is 1. The molecule has 0 fully saturated rings. The van der Waals surface area contributed by atoms with Crippen molar-refractivity contribution in [2.24, 2.45) is 0 Å². The topological polar surface area (TPSA) is 72.5 Å². The number of carbonyl (C=O) groups is 3. The first-order chi connectivity index (χ1) is 12.8. The van der Waals surface area contributed by atoms with E-state index in [9.17, 15) is 14.4 Å². The number of benzene rings is 2. The molecule has 0 bridgehead atoms. The van der Waals surface area contributed by atoms with Gasteiger partial charge in [0.15, 0.2) is 12.4 Å². The van der Waals surface area contributed by atoms with Gasteiger partial charge in [-0.25, -0.2) is 0 Å². The normalized spacial score (nSPS) is 15.8. The summed E-state index contributed by atoms with van der Waals surface area (Å²) in [6.45, 7) is 5.97. The van der Waals surface area contributed by atoms with Gasteiger partial charge in [0.2, 0.25) is 5.91 Å². The predicted octanol–water partition coefficient (Wildman–Crippen LogP) is 3.84. The van der Waals surface area contributed by atoms with Gasteiger partial charge in [0.25, 0.3) is 0 Å². The van der Waals surface area contributed by atoms with Crippen molar-refractivity contribution in [1.82, 2.24) is 0 Å². The van der Waals surface area contributed by atoms with E-state index in [1.807, 2.05) is 30.3 Å². The summed E-state index contributed by atoms with van der Waals surface area (Å²) in [6.07, 6.45) is -0.0842. The molecule has 1 amide bonds. The molecule has 0 aliphatic carbocycles. The quantitative estimate of drug-likeness (QED) is 0.645. The van der Waals surface area contributed by atoms with Gasteiger partial charge in [-0.3, -0.25) is 14.4 Å². The summed E-state index contributed by atoms with van der Waals surface area (Å²) in [5.74, 6) is -1.63. The Balaban J connectivity index is 1.56. The smallest absolute Gasteiger partial charge is 0.307 e. The summed E-state index contributed by atoms with van der Waals surface area (Å²) in [5, 5.41) is 2.75. The Kier molecular flexibility index (Phi) is 5.13. The molecule has 0 saturated carbocycles. The Morgan fingerprint density at radius 1 is 1.04 bits per heavy atom. The van der Waals surface area contributed by atoms with Crippen LogP contribution in [0.25, 0.3) is 0 Å². The second-order valence-electron chi connectivity index (χ2n) is 7.74. The number of ketones is 1. The highest BCUT2D eigenvalue weighted by Gasteiger charge is 2.32. The first kappa shape index (κ1) is 18.8. The van der Waals surface area contributed by atoms with Crippen LogP contribution >= 0.6 is 0 Å². The van der Waals surface area contributed by atoms with Crippen LogP contribution in [0, 0.1) is 0 Å². The molecular weight excluding hydrogens is 342 g/mol. The number of nitrogens with one attached hydrogen (secondary N) is 1. The van der Waals surface area contributed by atoms with E-state index < -0.39 is 11.9 Å². The molecule has 0 radical (unpaired) electrons. The largest absolute Gasteiger partial charge is 0.457 e. The number of para-hydroxylation sites is 1. The van der Waals surface area contributed by atoms with E-state index in [0.29, 0.717) is 5.56 Å². The molecule has 0 spiro atoms. The molecule has 3 rings (SSSR count). The van der Waals surface area contributed by atoms with Crippen molar-refractivity contribution < 1.29 is 19.1 Å². The maximum atomic E-state index is 12.3. The van der Waals surface area contributed by atoms with Crippen LogP contribution in [-0.2, 0) is 19.7 Å². The minimum absolute atomic E-state index is 0.00614. The number of anilines is 1. The summed E-state index contributed by atoms with van der Waals surface area (Å²) < 4.78 is 5.11. The van der Waals surface area contributed by atoms with E-state index in [1.54, 1.807) is 18.2 Å². The van der Waals surface area contributed by atoms with Crippen molar-refractivity contribution in [1.29, 1.82) is 0 Å². The van der Waals surface area contributed by atoms with Gasteiger partial charge in [0.1, 0.15) is 0 Å². The lowest BCUT2D eigenvalue weighted by Gasteiger charge is -2.19. The predicted molar refractivity (Wildman–Crippen MR) is 103 cm³/mol. The van der Waals surface area contributed by atoms with Crippen molar-refractivity contribution in [2.75, 3.05) is 11.9 Å². The lowest BCUT2D eigenvalue weighted by Crippen LogP contribution is -2.20. The van der Waals surface area contributed by atoms with Crippen LogP contribution in [0.15, 0.2) is 48.5 Å². The fourth-order valence-corrected chi connectivity index (χ4v) is 3.09. The minimum Gasteiger partial charge on any atom is -0.457 e. The third-order valence-electron chi connectivity index (χ3n) is 4.72. The van der Waals surface area contributed by atoms with Crippen molar-refractivity contribution in [3.63, 3.8) is 0 Å². The van der Waals surface area contributed by atoms with Crippen molar-refractivity contribution in [3.8, 4) is 0 Å². The zero-order chi connectivity index (χ0) is 19.6. The average Bonchev–Trinajstić information content (AvgIpc) is 2.94. The van der Waals surface area contributed by atoms with Crippen molar-refractivity contribution in [2.45, 2.75) is 38.5 Å². The van der Waals surface area contributed by atoms with Crippen LogP contribution in [0.2, 0.25) is 0 Å². The fraction of sp³-hybridized carbons (Fsp3) is 0.318. The maximum Gasteiger partial charge on any atom is 0.307 e. The van der Waals surface area contributed by atoms with Gasteiger partial charge in [-0.1, -0.05) is 63.2 Å². The number of rotatable bonds is 5. The number of hydrogen-bond donors (Lipinski definition) is 1. The van der Waals surface area contributed by atoms with E-state index in [4.69, 9.17) is 4.74 Å².